The topological polar surface area (TPSA) is 18.5 Å². The number of hydrogen-bond donors (Lipinski definition) is 0. The van der Waals surface area contributed by atoms with E-state index in [0.29, 0.717) is 11.8 Å². The third kappa shape index (κ3) is 2.71. The molecule has 0 aliphatic carbocycles. The average Bonchev–Trinajstić information content (AvgIpc) is 2.23. The van der Waals surface area contributed by atoms with Crippen LogP contribution >= 0.6 is 0 Å². The smallest absolute Gasteiger partial charge is 0.159 e. The summed E-state index contributed by atoms with van der Waals surface area (Å²) in [6, 6.07) is 0. The van der Waals surface area contributed by atoms with E-state index in [0.717, 1.165) is 6.42 Å². The first-order valence-electron chi connectivity index (χ1n) is 5.66. The number of hydrogen-bond acceptors (Lipinski definition) is 2. The highest BCUT2D eigenvalue weighted by atomic mass is 16.7. The van der Waals surface area contributed by atoms with Crippen molar-refractivity contribution < 1.29 is 9.47 Å². The summed E-state index contributed by atoms with van der Waals surface area (Å²) in [6.45, 7) is 13.0. The van der Waals surface area contributed by atoms with Crippen molar-refractivity contribution in [3.63, 3.8) is 0 Å². The van der Waals surface area contributed by atoms with Gasteiger partial charge in [-0.3, -0.25) is 0 Å². The summed E-state index contributed by atoms with van der Waals surface area (Å²) < 4.78 is 11.6. The van der Waals surface area contributed by atoms with E-state index >= 15 is 0 Å². The average molecular weight is 200 g/mol. The SMILES string of the molecule is CC(C)OC1CC(C(C)C)C(C)(C)O1. The lowest BCUT2D eigenvalue weighted by Crippen LogP contribution is -2.31. The standard InChI is InChI=1S/C12H24O2/c1-8(2)10-7-11(13-9(3)4)14-12(10,5)6/h8-11H,7H2,1-6H3. The molecule has 1 fully saturated rings. The first-order valence-corrected chi connectivity index (χ1v) is 5.66. The van der Waals surface area contributed by atoms with Crippen LogP contribution in [0.5, 0.6) is 0 Å². The highest BCUT2D eigenvalue weighted by Gasteiger charge is 2.43. The molecule has 0 amide bonds. The van der Waals surface area contributed by atoms with E-state index in [1.165, 1.54) is 0 Å². The van der Waals surface area contributed by atoms with Crippen molar-refractivity contribution in [2.45, 2.75) is 66.0 Å². The summed E-state index contributed by atoms with van der Waals surface area (Å²) in [5.74, 6) is 1.26. The van der Waals surface area contributed by atoms with Crippen molar-refractivity contribution in [2.24, 2.45) is 11.8 Å². The Morgan fingerprint density at radius 1 is 1.21 bits per heavy atom. The summed E-state index contributed by atoms with van der Waals surface area (Å²) in [7, 11) is 0. The fourth-order valence-corrected chi connectivity index (χ4v) is 2.43. The second kappa shape index (κ2) is 4.19. The van der Waals surface area contributed by atoms with Crippen molar-refractivity contribution in [3.05, 3.63) is 0 Å². The molecule has 84 valence electrons. The first-order chi connectivity index (χ1) is 6.33. The zero-order chi connectivity index (χ0) is 10.9. The molecule has 2 unspecified atom stereocenters. The molecule has 14 heavy (non-hydrogen) atoms. The zero-order valence-electron chi connectivity index (χ0n) is 10.3. The van der Waals surface area contributed by atoms with Crippen molar-refractivity contribution in [1.29, 1.82) is 0 Å². The van der Waals surface area contributed by atoms with Crippen molar-refractivity contribution >= 4 is 0 Å². The van der Waals surface area contributed by atoms with Gasteiger partial charge in [0.25, 0.3) is 0 Å². The molecule has 2 nitrogen and oxygen atoms in total. The molecule has 2 atom stereocenters. The molecule has 0 spiro atoms. The van der Waals surface area contributed by atoms with Gasteiger partial charge in [-0.05, 0) is 39.5 Å². The normalized spacial score (nSPS) is 31.7. The molecule has 0 radical (unpaired) electrons. The van der Waals surface area contributed by atoms with Crippen LogP contribution in [0.3, 0.4) is 0 Å². The summed E-state index contributed by atoms with van der Waals surface area (Å²) in [6.07, 6.45) is 1.28. The number of rotatable bonds is 3. The fraction of sp³-hybridized carbons (Fsp3) is 1.00. The van der Waals surface area contributed by atoms with E-state index in [1.54, 1.807) is 0 Å². The summed E-state index contributed by atoms with van der Waals surface area (Å²) in [5, 5.41) is 0. The largest absolute Gasteiger partial charge is 0.350 e. The van der Waals surface area contributed by atoms with Crippen LogP contribution in [0, 0.1) is 11.8 Å². The molecule has 0 bridgehead atoms. The Balaban J connectivity index is 2.57. The van der Waals surface area contributed by atoms with Gasteiger partial charge in [-0.2, -0.15) is 0 Å². The molecule has 0 aromatic rings. The Labute approximate surface area is 88.0 Å². The molecule has 0 saturated carbocycles. The fourth-order valence-electron chi connectivity index (χ4n) is 2.43. The van der Waals surface area contributed by atoms with Crippen LogP contribution in [0.25, 0.3) is 0 Å². The maximum absolute atomic E-state index is 5.91. The van der Waals surface area contributed by atoms with Crippen LogP contribution in [0.2, 0.25) is 0 Å². The molecule has 0 N–H and O–H groups in total. The number of ether oxygens (including phenoxy) is 2. The Kier molecular flexibility index (Phi) is 3.59. The van der Waals surface area contributed by atoms with E-state index in [2.05, 4.69) is 41.5 Å². The maximum atomic E-state index is 5.91. The lowest BCUT2D eigenvalue weighted by Gasteiger charge is -2.28. The van der Waals surface area contributed by atoms with Crippen molar-refractivity contribution in [3.8, 4) is 0 Å². The van der Waals surface area contributed by atoms with Crippen LogP contribution in [0.4, 0.5) is 0 Å². The summed E-state index contributed by atoms with van der Waals surface area (Å²) >= 11 is 0. The van der Waals surface area contributed by atoms with Gasteiger partial charge in [-0.1, -0.05) is 13.8 Å². The van der Waals surface area contributed by atoms with Crippen LogP contribution in [0.15, 0.2) is 0 Å². The van der Waals surface area contributed by atoms with Gasteiger partial charge < -0.3 is 9.47 Å². The first kappa shape index (κ1) is 12.0. The van der Waals surface area contributed by atoms with Gasteiger partial charge in [-0.25, -0.2) is 0 Å². The van der Waals surface area contributed by atoms with Crippen molar-refractivity contribution in [1.82, 2.24) is 0 Å². The van der Waals surface area contributed by atoms with Crippen LogP contribution in [-0.2, 0) is 9.47 Å². The van der Waals surface area contributed by atoms with Gasteiger partial charge in [0.1, 0.15) is 0 Å². The summed E-state index contributed by atoms with van der Waals surface area (Å²) in [4.78, 5) is 0. The van der Waals surface area contributed by atoms with Gasteiger partial charge in [-0.15, -0.1) is 0 Å². The van der Waals surface area contributed by atoms with Gasteiger partial charge in [0.05, 0.1) is 11.7 Å². The van der Waals surface area contributed by atoms with E-state index in [-0.39, 0.29) is 18.0 Å². The van der Waals surface area contributed by atoms with Crippen LogP contribution in [0.1, 0.15) is 48.0 Å². The Morgan fingerprint density at radius 3 is 2.14 bits per heavy atom. The second-order valence-corrected chi connectivity index (χ2v) is 5.42. The molecule has 1 heterocycles. The van der Waals surface area contributed by atoms with Gasteiger partial charge in [0, 0.05) is 6.42 Å². The maximum Gasteiger partial charge on any atom is 0.159 e. The molecular weight excluding hydrogens is 176 g/mol. The monoisotopic (exact) mass is 200 g/mol. The Hall–Kier alpha value is -0.0800. The van der Waals surface area contributed by atoms with E-state index in [4.69, 9.17) is 9.47 Å². The van der Waals surface area contributed by atoms with Crippen LogP contribution < -0.4 is 0 Å². The molecule has 1 aliphatic heterocycles. The quantitative estimate of drug-likeness (QED) is 0.696. The molecule has 2 heteroatoms. The van der Waals surface area contributed by atoms with E-state index in [1.807, 2.05) is 0 Å². The van der Waals surface area contributed by atoms with Crippen molar-refractivity contribution in [2.75, 3.05) is 0 Å². The molecule has 1 rings (SSSR count). The lowest BCUT2D eigenvalue weighted by atomic mass is 9.82. The molecule has 1 aliphatic rings. The minimum atomic E-state index is -0.0340. The van der Waals surface area contributed by atoms with Gasteiger partial charge in [0.2, 0.25) is 0 Å². The highest BCUT2D eigenvalue weighted by Crippen LogP contribution is 2.40. The van der Waals surface area contributed by atoms with E-state index in [9.17, 15) is 0 Å². The minimum Gasteiger partial charge on any atom is -0.350 e. The zero-order valence-corrected chi connectivity index (χ0v) is 10.3. The third-order valence-electron chi connectivity index (χ3n) is 3.00. The predicted octanol–water partition coefficient (Wildman–Crippen LogP) is 3.21. The summed E-state index contributed by atoms with van der Waals surface area (Å²) in [5.41, 5.74) is -0.0340. The predicted molar refractivity (Wildman–Crippen MR) is 58.1 cm³/mol. The molecular formula is C12H24O2. The van der Waals surface area contributed by atoms with Gasteiger partial charge >= 0.3 is 0 Å². The highest BCUT2D eigenvalue weighted by molar-refractivity contribution is 4.88. The van der Waals surface area contributed by atoms with E-state index < -0.39 is 0 Å². The second-order valence-electron chi connectivity index (χ2n) is 5.42. The van der Waals surface area contributed by atoms with Gasteiger partial charge in [0.15, 0.2) is 6.29 Å². The molecule has 1 saturated heterocycles. The van der Waals surface area contributed by atoms with Crippen LogP contribution in [-0.4, -0.2) is 18.0 Å². The minimum absolute atomic E-state index is 0.00241. The third-order valence-corrected chi connectivity index (χ3v) is 3.00. The molecule has 0 aromatic carbocycles. The Bertz CT molecular complexity index is 185. The lowest BCUT2D eigenvalue weighted by molar-refractivity contribution is -0.177. The Morgan fingerprint density at radius 2 is 1.79 bits per heavy atom. The molecule has 0 aromatic heterocycles.